The molecule has 0 radical (unpaired) electrons. The summed E-state index contributed by atoms with van der Waals surface area (Å²) in [4.78, 5) is 0. The van der Waals surface area contributed by atoms with Gasteiger partial charge in [-0.3, -0.25) is 0 Å². The Balaban J connectivity index is 1.96. The van der Waals surface area contributed by atoms with Gasteiger partial charge in [0.15, 0.2) is 0 Å². The SMILES string of the molecule is CCCCCCCC1CC1CCC(C)C(C)CCCCC(C)CC. The summed E-state index contributed by atoms with van der Waals surface area (Å²) in [6, 6.07) is 0. The van der Waals surface area contributed by atoms with Gasteiger partial charge in [-0.05, 0) is 42.4 Å². The van der Waals surface area contributed by atoms with E-state index in [1.807, 2.05) is 0 Å². The largest absolute Gasteiger partial charge is 0.0654 e. The molecule has 0 amide bonds. The van der Waals surface area contributed by atoms with Crippen molar-refractivity contribution in [3.05, 3.63) is 0 Å². The van der Waals surface area contributed by atoms with Gasteiger partial charge >= 0.3 is 0 Å². The maximum absolute atomic E-state index is 2.52. The summed E-state index contributed by atoms with van der Waals surface area (Å²) < 4.78 is 0. The molecule has 0 nitrogen and oxygen atoms in total. The lowest BCUT2D eigenvalue weighted by atomic mass is 9.86. The van der Waals surface area contributed by atoms with Crippen molar-refractivity contribution in [3.63, 3.8) is 0 Å². The van der Waals surface area contributed by atoms with E-state index >= 15 is 0 Å². The molecule has 0 aromatic carbocycles. The molecule has 0 aliphatic heterocycles. The molecule has 1 aliphatic carbocycles. The smallest absolute Gasteiger partial charge is 0.0383 e. The average Bonchev–Trinajstić information content (AvgIpc) is 3.34. The molecule has 1 saturated carbocycles. The molecular weight excluding hydrogens is 288 g/mol. The van der Waals surface area contributed by atoms with Crippen molar-refractivity contribution in [2.75, 3.05) is 0 Å². The number of rotatable bonds is 16. The molecule has 5 unspecified atom stereocenters. The van der Waals surface area contributed by atoms with E-state index in [0.29, 0.717) is 0 Å². The summed E-state index contributed by atoms with van der Waals surface area (Å²) in [5.74, 6) is 5.04. The minimum absolute atomic E-state index is 0.937. The molecule has 0 aromatic heterocycles. The third-order valence-corrected chi connectivity index (χ3v) is 7.02. The van der Waals surface area contributed by atoms with Crippen LogP contribution in [0.5, 0.6) is 0 Å². The highest BCUT2D eigenvalue weighted by molar-refractivity contribution is 4.86. The van der Waals surface area contributed by atoms with Gasteiger partial charge in [0.25, 0.3) is 0 Å². The van der Waals surface area contributed by atoms with Crippen LogP contribution in [0.4, 0.5) is 0 Å². The minimum atomic E-state index is 0.937. The lowest BCUT2D eigenvalue weighted by Gasteiger charge is -2.20. The van der Waals surface area contributed by atoms with Crippen LogP contribution in [-0.4, -0.2) is 0 Å². The molecule has 1 aliphatic rings. The maximum atomic E-state index is 2.52. The Hall–Kier alpha value is 0. The molecule has 5 atom stereocenters. The molecule has 0 N–H and O–H groups in total. The maximum Gasteiger partial charge on any atom is -0.0383 e. The van der Waals surface area contributed by atoms with E-state index < -0.39 is 0 Å². The second kappa shape index (κ2) is 13.2. The fourth-order valence-corrected chi connectivity index (χ4v) is 4.24. The summed E-state index contributed by atoms with van der Waals surface area (Å²) in [5, 5.41) is 0. The van der Waals surface area contributed by atoms with E-state index in [2.05, 4.69) is 34.6 Å². The summed E-state index contributed by atoms with van der Waals surface area (Å²) in [6.45, 7) is 12.1. The van der Waals surface area contributed by atoms with Crippen LogP contribution in [0.15, 0.2) is 0 Å². The van der Waals surface area contributed by atoms with E-state index in [-0.39, 0.29) is 0 Å². The van der Waals surface area contributed by atoms with Crippen molar-refractivity contribution in [1.29, 1.82) is 0 Å². The Bertz CT molecular complexity index is 282. The first kappa shape index (κ1) is 22.0. The zero-order chi connectivity index (χ0) is 17.8. The molecule has 0 heteroatoms. The van der Waals surface area contributed by atoms with E-state index in [1.165, 1.54) is 83.5 Å². The van der Waals surface area contributed by atoms with Crippen LogP contribution in [-0.2, 0) is 0 Å². The van der Waals surface area contributed by atoms with E-state index in [4.69, 9.17) is 0 Å². The van der Waals surface area contributed by atoms with Gasteiger partial charge in [0.1, 0.15) is 0 Å². The molecule has 24 heavy (non-hydrogen) atoms. The predicted molar refractivity (Wildman–Crippen MR) is 110 cm³/mol. The number of hydrogen-bond donors (Lipinski definition) is 0. The quantitative estimate of drug-likeness (QED) is 0.247. The number of unbranched alkanes of at least 4 members (excludes halogenated alkanes) is 5. The third-order valence-electron chi connectivity index (χ3n) is 7.02. The second-order valence-corrected chi connectivity index (χ2v) is 9.29. The fourth-order valence-electron chi connectivity index (χ4n) is 4.24. The van der Waals surface area contributed by atoms with Crippen LogP contribution in [0.3, 0.4) is 0 Å². The van der Waals surface area contributed by atoms with Gasteiger partial charge in [-0.15, -0.1) is 0 Å². The van der Waals surface area contributed by atoms with Crippen LogP contribution in [0, 0.1) is 29.6 Å². The first-order valence-corrected chi connectivity index (χ1v) is 11.6. The molecule has 0 aromatic rings. The minimum Gasteiger partial charge on any atom is -0.0654 e. The Morgan fingerprint density at radius 1 is 0.667 bits per heavy atom. The zero-order valence-electron chi connectivity index (χ0n) is 17.8. The van der Waals surface area contributed by atoms with Gasteiger partial charge in [0.05, 0.1) is 0 Å². The van der Waals surface area contributed by atoms with Gasteiger partial charge in [-0.2, -0.15) is 0 Å². The van der Waals surface area contributed by atoms with Crippen LogP contribution >= 0.6 is 0 Å². The highest BCUT2D eigenvalue weighted by atomic mass is 14.4. The predicted octanol–water partition coefficient (Wildman–Crippen LogP) is 8.64. The Morgan fingerprint density at radius 3 is 2.00 bits per heavy atom. The first-order chi connectivity index (χ1) is 11.6. The van der Waals surface area contributed by atoms with Crippen molar-refractivity contribution in [3.8, 4) is 0 Å². The molecule has 0 bridgehead atoms. The monoisotopic (exact) mass is 336 g/mol. The second-order valence-electron chi connectivity index (χ2n) is 9.29. The summed E-state index contributed by atoms with van der Waals surface area (Å²) >= 11 is 0. The molecule has 144 valence electrons. The average molecular weight is 337 g/mol. The van der Waals surface area contributed by atoms with Crippen molar-refractivity contribution in [2.45, 2.75) is 125 Å². The van der Waals surface area contributed by atoms with Crippen LogP contribution < -0.4 is 0 Å². The number of hydrogen-bond acceptors (Lipinski definition) is 0. The van der Waals surface area contributed by atoms with Gasteiger partial charge in [-0.1, -0.05) is 112 Å². The van der Waals surface area contributed by atoms with Crippen molar-refractivity contribution in [1.82, 2.24) is 0 Å². The van der Waals surface area contributed by atoms with Crippen molar-refractivity contribution < 1.29 is 0 Å². The zero-order valence-corrected chi connectivity index (χ0v) is 17.8. The Kier molecular flexibility index (Phi) is 12.2. The third kappa shape index (κ3) is 10.1. The molecule has 0 heterocycles. The lowest BCUT2D eigenvalue weighted by Crippen LogP contribution is -2.08. The van der Waals surface area contributed by atoms with Crippen LogP contribution in [0.25, 0.3) is 0 Å². The molecular formula is C24H48. The van der Waals surface area contributed by atoms with Gasteiger partial charge in [0.2, 0.25) is 0 Å². The lowest BCUT2D eigenvalue weighted by molar-refractivity contribution is 0.315. The van der Waals surface area contributed by atoms with Crippen LogP contribution in [0.1, 0.15) is 125 Å². The summed E-state index contributed by atoms with van der Waals surface area (Å²) in [7, 11) is 0. The van der Waals surface area contributed by atoms with Gasteiger partial charge in [0, 0.05) is 0 Å². The summed E-state index contributed by atoms with van der Waals surface area (Å²) in [6.07, 6.45) is 20.6. The van der Waals surface area contributed by atoms with E-state index in [0.717, 1.165) is 29.6 Å². The molecule has 1 rings (SSSR count). The normalized spacial score (nSPS) is 23.9. The van der Waals surface area contributed by atoms with Gasteiger partial charge < -0.3 is 0 Å². The van der Waals surface area contributed by atoms with E-state index in [9.17, 15) is 0 Å². The van der Waals surface area contributed by atoms with E-state index in [1.54, 1.807) is 6.42 Å². The van der Waals surface area contributed by atoms with Crippen LogP contribution in [0.2, 0.25) is 0 Å². The van der Waals surface area contributed by atoms with Crippen molar-refractivity contribution >= 4 is 0 Å². The molecule has 0 saturated heterocycles. The highest BCUT2D eigenvalue weighted by Gasteiger charge is 2.35. The topological polar surface area (TPSA) is 0 Å². The Labute approximate surface area is 154 Å². The Morgan fingerprint density at radius 2 is 1.29 bits per heavy atom. The summed E-state index contributed by atoms with van der Waals surface area (Å²) in [5.41, 5.74) is 0. The fraction of sp³-hybridized carbons (Fsp3) is 1.00. The molecule has 0 spiro atoms. The highest BCUT2D eigenvalue weighted by Crippen LogP contribution is 2.46. The van der Waals surface area contributed by atoms with Gasteiger partial charge in [-0.25, -0.2) is 0 Å². The van der Waals surface area contributed by atoms with Crippen molar-refractivity contribution in [2.24, 2.45) is 29.6 Å². The first-order valence-electron chi connectivity index (χ1n) is 11.6. The molecule has 1 fully saturated rings. The standard InChI is InChI=1S/C24H48/c1-6-8-9-10-11-16-23-19-24(23)18-17-22(5)21(4)15-13-12-14-20(3)7-2/h20-24H,6-19H2,1-5H3.